The van der Waals surface area contributed by atoms with Crippen LogP contribution in [-0.2, 0) is 19.4 Å². The molecule has 2 aromatic rings. The van der Waals surface area contributed by atoms with Crippen LogP contribution in [0.1, 0.15) is 29.2 Å². The quantitative estimate of drug-likeness (QED) is 0.929. The lowest BCUT2D eigenvalue weighted by atomic mass is 10.00. The van der Waals surface area contributed by atoms with Gasteiger partial charge in [-0.1, -0.05) is 43.8 Å². The van der Waals surface area contributed by atoms with Crippen LogP contribution >= 0.6 is 0 Å². The Morgan fingerprint density at radius 3 is 2.83 bits per heavy atom. The van der Waals surface area contributed by atoms with E-state index in [-0.39, 0.29) is 0 Å². The minimum atomic E-state index is 0.836. The number of nitrogens with one attached hydrogen (secondary N) is 1. The first-order valence-electron chi connectivity index (χ1n) is 8.69. The van der Waals surface area contributed by atoms with Crippen LogP contribution in [0.15, 0.2) is 54.0 Å². The summed E-state index contributed by atoms with van der Waals surface area (Å²) in [5, 5.41) is 3.41. The third kappa shape index (κ3) is 2.87. The molecule has 1 N–H and O–H groups in total. The lowest BCUT2D eigenvalue weighted by Gasteiger charge is -2.30. The van der Waals surface area contributed by atoms with Crippen LogP contribution in [0.4, 0.5) is 5.69 Å². The van der Waals surface area contributed by atoms with Gasteiger partial charge in [0.05, 0.1) is 12.2 Å². The van der Waals surface area contributed by atoms with Gasteiger partial charge in [-0.05, 0) is 41.7 Å². The lowest BCUT2D eigenvalue weighted by molar-refractivity contribution is 0.288. The second-order valence-corrected chi connectivity index (χ2v) is 6.60. The monoisotopic (exact) mass is 317 g/mol. The molecule has 0 aliphatic carbocycles. The molecule has 0 saturated heterocycles. The van der Waals surface area contributed by atoms with Gasteiger partial charge in [-0.25, -0.2) is 4.99 Å². The van der Waals surface area contributed by atoms with Gasteiger partial charge >= 0.3 is 0 Å². The van der Waals surface area contributed by atoms with E-state index in [0.717, 1.165) is 55.3 Å². The molecule has 0 spiro atoms. The minimum Gasteiger partial charge on any atom is -0.343 e. The van der Waals surface area contributed by atoms with Crippen LogP contribution in [0.3, 0.4) is 0 Å². The summed E-state index contributed by atoms with van der Waals surface area (Å²) in [5.74, 6) is 0.996. The zero-order chi connectivity index (χ0) is 16.5. The molecule has 3 heteroatoms. The van der Waals surface area contributed by atoms with Crippen LogP contribution in [0.2, 0.25) is 0 Å². The van der Waals surface area contributed by atoms with Crippen molar-refractivity contribution in [1.29, 1.82) is 0 Å². The highest BCUT2D eigenvalue weighted by Crippen LogP contribution is 2.29. The first-order valence-corrected chi connectivity index (χ1v) is 8.69. The van der Waals surface area contributed by atoms with Crippen molar-refractivity contribution in [3.05, 3.63) is 71.3 Å². The van der Waals surface area contributed by atoms with Crippen molar-refractivity contribution >= 4 is 17.2 Å². The zero-order valence-electron chi connectivity index (χ0n) is 14.2. The van der Waals surface area contributed by atoms with E-state index < -0.39 is 0 Å². The van der Waals surface area contributed by atoms with Gasteiger partial charge in [-0.3, -0.25) is 4.90 Å². The van der Waals surface area contributed by atoms with Gasteiger partial charge in [0.1, 0.15) is 5.84 Å². The topological polar surface area (TPSA) is 27.6 Å². The highest BCUT2D eigenvalue weighted by molar-refractivity contribution is 5.98. The first kappa shape index (κ1) is 15.2. The SMILES string of the molecule is C=C1NC(CN2CCc3ccccc3C2)=Nc2ccc(CC)cc21. The number of hydrogen-bond acceptors (Lipinski definition) is 3. The van der Waals surface area contributed by atoms with E-state index in [2.05, 4.69) is 66.2 Å². The van der Waals surface area contributed by atoms with Gasteiger partial charge in [0.2, 0.25) is 0 Å². The Balaban J connectivity index is 1.53. The molecule has 0 unspecified atom stereocenters. The van der Waals surface area contributed by atoms with Gasteiger partial charge in [0.15, 0.2) is 0 Å². The van der Waals surface area contributed by atoms with E-state index in [4.69, 9.17) is 4.99 Å². The molecule has 0 aromatic heterocycles. The summed E-state index contributed by atoms with van der Waals surface area (Å²) in [6.07, 6.45) is 2.14. The molecule has 4 rings (SSSR count). The smallest absolute Gasteiger partial charge is 0.121 e. The van der Waals surface area contributed by atoms with Crippen molar-refractivity contribution in [2.45, 2.75) is 26.3 Å². The molecule has 0 atom stereocenters. The van der Waals surface area contributed by atoms with E-state index in [1.165, 1.54) is 16.7 Å². The molecule has 2 aromatic carbocycles. The molecule has 3 nitrogen and oxygen atoms in total. The van der Waals surface area contributed by atoms with Crippen LogP contribution in [0.5, 0.6) is 0 Å². The van der Waals surface area contributed by atoms with Crippen LogP contribution in [-0.4, -0.2) is 23.8 Å². The Labute approximate surface area is 143 Å². The largest absolute Gasteiger partial charge is 0.343 e. The maximum atomic E-state index is 4.82. The molecule has 0 radical (unpaired) electrons. The molecule has 0 amide bonds. The van der Waals surface area contributed by atoms with E-state index in [0.29, 0.717) is 0 Å². The summed E-state index contributed by atoms with van der Waals surface area (Å²) in [6.45, 7) is 9.27. The molecule has 2 aliphatic rings. The Morgan fingerprint density at radius 2 is 2.00 bits per heavy atom. The van der Waals surface area contributed by atoms with E-state index in [9.17, 15) is 0 Å². The zero-order valence-corrected chi connectivity index (χ0v) is 14.2. The van der Waals surface area contributed by atoms with Gasteiger partial charge in [0.25, 0.3) is 0 Å². The van der Waals surface area contributed by atoms with Crippen molar-refractivity contribution in [2.75, 3.05) is 13.1 Å². The van der Waals surface area contributed by atoms with Crippen molar-refractivity contribution < 1.29 is 0 Å². The summed E-state index contributed by atoms with van der Waals surface area (Å²) in [6, 6.07) is 15.2. The molecule has 0 bridgehead atoms. The third-order valence-corrected chi connectivity index (χ3v) is 4.93. The maximum Gasteiger partial charge on any atom is 0.121 e. The lowest BCUT2D eigenvalue weighted by Crippen LogP contribution is -2.40. The molecule has 24 heavy (non-hydrogen) atoms. The number of fused-ring (bicyclic) bond motifs is 2. The average molecular weight is 317 g/mol. The molecule has 0 fully saturated rings. The van der Waals surface area contributed by atoms with E-state index in [1.807, 2.05) is 0 Å². The maximum absolute atomic E-state index is 4.82. The van der Waals surface area contributed by atoms with E-state index >= 15 is 0 Å². The molecule has 122 valence electrons. The van der Waals surface area contributed by atoms with Gasteiger partial charge in [-0.15, -0.1) is 0 Å². The predicted molar refractivity (Wildman–Crippen MR) is 101 cm³/mol. The fraction of sp³-hybridized carbons (Fsp3) is 0.286. The number of nitrogens with zero attached hydrogens (tertiary/aromatic N) is 2. The normalized spacial score (nSPS) is 16.9. The van der Waals surface area contributed by atoms with Crippen LogP contribution in [0, 0.1) is 0 Å². The number of aryl methyl sites for hydroxylation is 1. The average Bonchev–Trinajstić information content (AvgIpc) is 2.61. The Bertz CT molecular complexity index is 820. The van der Waals surface area contributed by atoms with Crippen LogP contribution < -0.4 is 5.32 Å². The second kappa shape index (κ2) is 6.25. The molecule has 2 aliphatic heterocycles. The Morgan fingerprint density at radius 1 is 1.17 bits per heavy atom. The summed E-state index contributed by atoms with van der Waals surface area (Å²) < 4.78 is 0. The Kier molecular flexibility index (Phi) is 3.95. The van der Waals surface area contributed by atoms with Crippen molar-refractivity contribution in [2.24, 2.45) is 4.99 Å². The van der Waals surface area contributed by atoms with Crippen molar-refractivity contribution in [1.82, 2.24) is 10.2 Å². The standard InChI is InChI=1S/C21H23N3/c1-3-16-8-9-20-19(12-16)15(2)22-21(23-20)14-24-11-10-17-6-4-5-7-18(17)13-24/h4-9,12H,2-3,10-11,13-14H2,1H3,(H,22,23). The van der Waals surface area contributed by atoms with Crippen molar-refractivity contribution in [3.63, 3.8) is 0 Å². The highest BCUT2D eigenvalue weighted by atomic mass is 15.2. The molecule has 0 saturated carbocycles. The fourth-order valence-corrected chi connectivity index (χ4v) is 3.53. The minimum absolute atomic E-state index is 0.836. The first-order chi connectivity index (χ1) is 11.7. The number of hydrogen-bond donors (Lipinski definition) is 1. The molecular weight excluding hydrogens is 294 g/mol. The molecule has 2 heterocycles. The number of amidine groups is 1. The number of aliphatic imine (C=N–C) groups is 1. The van der Waals surface area contributed by atoms with Gasteiger partial charge < -0.3 is 5.32 Å². The number of benzene rings is 2. The predicted octanol–water partition coefficient (Wildman–Crippen LogP) is 3.91. The molecular formula is C21H23N3. The number of rotatable bonds is 3. The van der Waals surface area contributed by atoms with Gasteiger partial charge in [-0.2, -0.15) is 0 Å². The van der Waals surface area contributed by atoms with Gasteiger partial charge in [0, 0.05) is 24.4 Å². The summed E-state index contributed by atoms with van der Waals surface area (Å²) in [4.78, 5) is 7.28. The van der Waals surface area contributed by atoms with Crippen molar-refractivity contribution in [3.8, 4) is 0 Å². The fourth-order valence-electron chi connectivity index (χ4n) is 3.53. The Hall–Kier alpha value is -2.39. The summed E-state index contributed by atoms with van der Waals surface area (Å²) in [7, 11) is 0. The third-order valence-electron chi connectivity index (χ3n) is 4.93. The van der Waals surface area contributed by atoms with Crippen LogP contribution in [0.25, 0.3) is 5.70 Å². The summed E-state index contributed by atoms with van der Waals surface area (Å²) in [5.41, 5.74) is 7.36. The highest BCUT2D eigenvalue weighted by Gasteiger charge is 2.20. The second-order valence-electron chi connectivity index (χ2n) is 6.60. The summed E-state index contributed by atoms with van der Waals surface area (Å²) >= 11 is 0. The van der Waals surface area contributed by atoms with E-state index in [1.54, 1.807) is 0 Å².